The smallest absolute Gasteiger partial charge is 0.258 e. The van der Waals surface area contributed by atoms with Crippen LogP contribution in [0.25, 0.3) is 10.9 Å². The van der Waals surface area contributed by atoms with Crippen molar-refractivity contribution in [2.45, 2.75) is 45.7 Å². The Morgan fingerprint density at radius 1 is 1.32 bits per heavy atom. The first-order valence-corrected chi connectivity index (χ1v) is 6.96. The number of para-hydroxylation sites is 1. The number of H-pyrrole nitrogens is 1. The lowest BCUT2D eigenvalue weighted by Gasteiger charge is -2.15. The van der Waals surface area contributed by atoms with Crippen LogP contribution in [0.5, 0.6) is 0 Å². The van der Waals surface area contributed by atoms with Crippen molar-refractivity contribution in [2.24, 2.45) is 0 Å². The van der Waals surface area contributed by atoms with Crippen LogP contribution >= 0.6 is 0 Å². The van der Waals surface area contributed by atoms with E-state index in [0.717, 1.165) is 24.8 Å². The van der Waals surface area contributed by atoms with Gasteiger partial charge in [-0.3, -0.25) is 4.79 Å². The van der Waals surface area contributed by atoms with Gasteiger partial charge in [0.2, 0.25) is 0 Å². The highest BCUT2D eigenvalue weighted by Crippen LogP contribution is 2.06. The quantitative estimate of drug-likeness (QED) is 0.838. The Morgan fingerprint density at radius 3 is 2.84 bits per heavy atom. The zero-order valence-corrected chi connectivity index (χ0v) is 11.6. The number of nitrogens with zero attached hydrogens (tertiary/aromatic N) is 1. The average Bonchev–Trinajstić information content (AvgIpc) is 2.43. The topological polar surface area (TPSA) is 57.8 Å². The van der Waals surface area contributed by atoms with E-state index in [1.165, 1.54) is 0 Å². The third kappa shape index (κ3) is 3.41. The van der Waals surface area contributed by atoms with Gasteiger partial charge in [0.15, 0.2) is 0 Å². The van der Waals surface area contributed by atoms with Crippen LogP contribution < -0.4 is 10.9 Å². The summed E-state index contributed by atoms with van der Waals surface area (Å²) in [5, 5.41) is 4.09. The lowest BCUT2D eigenvalue weighted by molar-refractivity contribution is 0.456. The lowest BCUT2D eigenvalue weighted by Crippen LogP contribution is -2.29. The largest absolute Gasteiger partial charge is 0.309 e. The van der Waals surface area contributed by atoms with E-state index in [1.807, 2.05) is 18.2 Å². The van der Waals surface area contributed by atoms with Crippen molar-refractivity contribution in [3.8, 4) is 0 Å². The van der Waals surface area contributed by atoms with Gasteiger partial charge < -0.3 is 10.3 Å². The van der Waals surface area contributed by atoms with Gasteiger partial charge in [-0.25, -0.2) is 4.98 Å². The molecule has 0 radical (unpaired) electrons. The van der Waals surface area contributed by atoms with Crippen LogP contribution in [0.2, 0.25) is 0 Å². The Labute approximate surface area is 113 Å². The number of fused-ring (bicyclic) bond motifs is 1. The summed E-state index contributed by atoms with van der Waals surface area (Å²) in [6, 6.07) is 7.91. The number of nitrogens with one attached hydrogen (secondary N) is 2. The molecule has 1 heterocycles. The molecule has 102 valence electrons. The number of hydrogen-bond acceptors (Lipinski definition) is 3. The van der Waals surface area contributed by atoms with Crippen molar-refractivity contribution < 1.29 is 0 Å². The molecule has 2 rings (SSSR count). The van der Waals surface area contributed by atoms with Gasteiger partial charge >= 0.3 is 0 Å². The number of aromatic amines is 1. The van der Waals surface area contributed by atoms with Crippen LogP contribution in [0.1, 0.15) is 38.9 Å². The Hall–Kier alpha value is -1.68. The summed E-state index contributed by atoms with van der Waals surface area (Å²) in [5.74, 6) is 0.707. The fourth-order valence-electron chi connectivity index (χ4n) is 2.26. The van der Waals surface area contributed by atoms with Gasteiger partial charge in [0.05, 0.1) is 17.4 Å². The number of hydrogen-bond donors (Lipinski definition) is 2. The highest BCUT2D eigenvalue weighted by Gasteiger charge is 2.07. The first kappa shape index (κ1) is 13.7. The Bertz CT molecular complexity index is 591. The predicted molar refractivity (Wildman–Crippen MR) is 78.2 cm³/mol. The van der Waals surface area contributed by atoms with Crippen molar-refractivity contribution in [1.29, 1.82) is 0 Å². The third-order valence-corrected chi connectivity index (χ3v) is 3.35. The Kier molecular flexibility index (Phi) is 4.68. The van der Waals surface area contributed by atoms with E-state index in [9.17, 15) is 4.79 Å². The van der Waals surface area contributed by atoms with Gasteiger partial charge in [-0.05, 0) is 25.0 Å². The van der Waals surface area contributed by atoms with E-state index in [-0.39, 0.29) is 5.56 Å². The average molecular weight is 259 g/mol. The van der Waals surface area contributed by atoms with Crippen LogP contribution in [0.15, 0.2) is 29.1 Å². The molecule has 0 bridgehead atoms. The van der Waals surface area contributed by atoms with Gasteiger partial charge in [-0.2, -0.15) is 0 Å². The van der Waals surface area contributed by atoms with E-state index in [4.69, 9.17) is 0 Å². The molecule has 1 unspecified atom stereocenters. The minimum Gasteiger partial charge on any atom is -0.309 e. The van der Waals surface area contributed by atoms with Gasteiger partial charge in [0.1, 0.15) is 5.82 Å². The molecule has 0 saturated heterocycles. The molecule has 1 aromatic carbocycles. The summed E-state index contributed by atoms with van der Waals surface area (Å²) >= 11 is 0. The van der Waals surface area contributed by atoms with E-state index >= 15 is 0 Å². The summed E-state index contributed by atoms with van der Waals surface area (Å²) in [4.78, 5) is 19.2. The first-order chi connectivity index (χ1) is 9.24. The van der Waals surface area contributed by atoms with Crippen molar-refractivity contribution in [2.75, 3.05) is 0 Å². The minimum atomic E-state index is -0.0639. The second-order valence-electron chi connectivity index (χ2n) is 4.80. The highest BCUT2D eigenvalue weighted by molar-refractivity contribution is 5.77. The summed E-state index contributed by atoms with van der Waals surface area (Å²) in [5.41, 5.74) is 0.692. The second-order valence-corrected chi connectivity index (χ2v) is 4.80. The number of benzene rings is 1. The standard InChI is InChI=1S/C15H21N3O/c1-3-7-11(4-2)16-10-14-17-13-9-6-5-8-12(13)15(19)18-14/h5-6,8-9,11,16H,3-4,7,10H2,1-2H3,(H,17,18,19). The van der Waals surface area contributed by atoms with Crippen LogP contribution in [0.3, 0.4) is 0 Å². The van der Waals surface area contributed by atoms with Crippen LogP contribution in [0.4, 0.5) is 0 Å². The molecule has 2 aromatic rings. The molecule has 0 aliphatic carbocycles. The molecular formula is C15H21N3O. The molecule has 0 fully saturated rings. The maximum Gasteiger partial charge on any atom is 0.258 e. The fraction of sp³-hybridized carbons (Fsp3) is 0.467. The number of aromatic nitrogens is 2. The second kappa shape index (κ2) is 6.48. The van der Waals surface area contributed by atoms with Gasteiger partial charge in [-0.1, -0.05) is 32.4 Å². The summed E-state index contributed by atoms with van der Waals surface area (Å²) in [6.45, 7) is 4.96. The summed E-state index contributed by atoms with van der Waals surface area (Å²) in [7, 11) is 0. The predicted octanol–water partition coefficient (Wildman–Crippen LogP) is 2.59. The first-order valence-electron chi connectivity index (χ1n) is 6.96. The van der Waals surface area contributed by atoms with E-state index in [0.29, 0.717) is 23.8 Å². The monoisotopic (exact) mass is 259 g/mol. The van der Waals surface area contributed by atoms with E-state index in [2.05, 4.69) is 29.1 Å². The molecule has 0 spiro atoms. The van der Waals surface area contributed by atoms with Gasteiger partial charge in [-0.15, -0.1) is 0 Å². The fourth-order valence-corrected chi connectivity index (χ4v) is 2.26. The Balaban J connectivity index is 2.15. The third-order valence-electron chi connectivity index (χ3n) is 3.35. The summed E-state index contributed by atoms with van der Waals surface area (Å²) in [6.07, 6.45) is 3.40. The minimum absolute atomic E-state index is 0.0639. The lowest BCUT2D eigenvalue weighted by atomic mass is 10.1. The normalized spacial score (nSPS) is 12.7. The molecular weight excluding hydrogens is 238 g/mol. The summed E-state index contributed by atoms with van der Waals surface area (Å²) < 4.78 is 0. The molecule has 0 saturated carbocycles. The highest BCUT2D eigenvalue weighted by atomic mass is 16.1. The molecule has 4 nitrogen and oxygen atoms in total. The number of rotatable bonds is 6. The molecule has 0 aliphatic rings. The Morgan fingerprint density at radius 2 is 2.11 bits per heavy atom. The molecule has 19 heavy (non-hydrogen) atoms. The van der Waals surface area contributed by atoms with Crippen LogP contribution in [0, 0.1) is 0 Å². The molecule has 2 N–H and O–H groups in total. The zero-order chi connectivity index (χ0) is 13.7. The molecule has 1 atom stereocenters. The van der Waals surface area contributed by atoms with Crippen molar-refractivity contribution >= 4 is 10.9 Å². The van der Waals surface area contributed by atoms with E-state index < -0.39 is 0 Å². The molecule has 4 heteroatoms. The van der Waals surface area contributed by atoms with Crippen molar-refractivity contribution in [3.05, 3.63) is 40.4 Å². The van der Waals surface area contributed by atoms with Crippen molar-refractivity contribution in [3.63, 3.8) is 0 Å². The van der Waals surface area contributed by atoms with Crippen molar-refractivity contribution in [1.82, 2.24) is 15.3 Å². The molecule has 1 aromatic heterocycles. The molecule has 0 amide bonds. The van der Waals surface area contributed by atoms with Gasteiger partial charge in [0, 0.05) is 6.04 Å². The SMILES string of the molecule is CCCC(CC)NCc1nc2ccccc2c(=O)[nH]1. The van der Waals surface area contributed by atoms with Crippen LogP contribution in [-0.4, -0.2) is 16.0 Å². The van der Waals surface area contributed by atoms with Crippen LogP contribution in [-0.2, 0) is 6.54 Å². The van der Waals surface area contributed by atoms with Gasteiger partial charge in [0.25, 0.3) is 5.56 Å². The molecule has 0 aliphatic heterocycles. The van der Waals surface area contributed by atoms with E-state index in [1.54, 1.807) is 6.07 Å². The maximum absolute atomic E-state index is 11.9. The maximum atomic E-state index is 11.9. The zero-order valence-electron chi connectivity index (χ0n) is 11.6.